The maximum absolute atomic E-state index is 13.1. The molecular formula is C30H34N2O5S. The van der Waals surface area contributed by atoms with E-state index in [2.05, 4.69) is 17.6 Å². The van der Waals surface area contributed by atoms with E-state index in [1.165, 1.54) is 11.3 Å². The van der Waals surface area contributed by atoms with Crippen molar-refractivity contribution in [1.29, 1.82) is 0 Å². The zero-order chi connectivity index (χ0) is 27.4. The van der Waals surface area contributed by atoms with Crippen LogP contribution >= 0.6 is 11.3 Å². The molecule has 1 aliphatic carbocycles. The summed E-state index contributed by atoms with van der Waals surface area (Å²) in [5, 5.41) is 6.37. The molecule has 3 aromatic rings. The van der Waals surface area contributed by atoms with Gasteiger partial charge in [0.1, 0.15) is 10.8 Å². The number of carbonyl (C=O) groups is 3. The van der Waals surface area contributed by atoms with E-state index in [0.29, 0.717) is 27.8 Å². The number of benzene rings is 2. The number of ether oxygens (including phenoxy) is 2. The molecule has 4 rings (SSSR count). The van der Waals surface area contributed by atoms with Gasteiger partial charge < -0.3 is 20.1 Å². The molecule has 0 saturated heterocycles. The fraction of sp³-hybridized carbons (Fsp3) is 0.367. The van der Waals surface area contributed by atoms with E-state index >= 15 is 0 Å². The largest absolute Gasteiger partial charge is 0.481 e. The summed E-state index contributed by atoms with van der Waals surface area (Å²) in [6, 6.07) is 12.3. The highest BCUT2D eigenvalue weighted by Crippen LogP contribution is 2.40. The summed E-state index contributed by atoms with van der Waals surface area (Å²) in [4.78, 5) is 39.6. The Morgan fingerprint density at radius 2 is 1.82 bits per heavy atom. The molecule has 2 amide bonds. The van der Waals surface area contributed by atoms with E-state index < -0.39 is 12.1 Å². The van der Waals surface area contributed by atoms with Crippen molar-refractivity contribution < 1.29 is 23.9 Å². The molecule has 8 heteroatoms. The Morgan fingerprint density at radius 1 is 1.08 bits per heavy atom. The number of thiophene rings is 1. The van der Waals surface area contributed by atoms with E-state index in [4.69, 9.17) is 9.47 Å². The summed E-state index contributed by atoms with van der Waals surface area (Å²) in [6.45, 7) is 9.87. The van der Waals surface area contributed by atoms with Gasteiger partial charge in [-0.25, -0.2) is 4.79 Å². The molecule has 38 heavy (non-hydrogen) atoms. The number of anilines is 2. The van der Waals surface area contributed by atoms with Crippen LogP contribution in [-0.4, -0.2) is 30.5 Å². The van der Waals surface area contributed by atoms with Crippen LogP contribution in [-0.2, 0) is 22.4 Å². The summed E-state index contributed by atoms with van der Waals surface area (Å²) >= 11 is 1.46. The Labute approximate surface area is 227 Å². The highest BCUT2D eigenvalue weighted by atomic mass is 32.1. The maximum atomic E-state index is 13.1. The Morgan fingerprint density at radius 3 is 2.53 bits per heavy atom. The van der Waals surface area contributed by atoms with Crippen molar-refractivity contribution in [2.75, 3.05) is 17.2 Å². The average molecular weight is 535 g/mol. The first-order valence-corrected chi connectivity index (χ1v) is 13.8. The zero-order valence-corrected chi connectivity index (χ0v) is 23.3. The lowest BCUT2D eigenvalue weighted by molar-refractivity contribution is -0.122. The Hall–Kier alpha value is -3.65. The summed E-state index contributed by atoms with van der Waals surface area (Å²) in [5.41, 5.74) is 4.76. The van der Waals surface area contributed by atoms with E-state index in [-0.39, 0.29) is 18.4 Å². The smallest absolute Gasteiger partial charge is 0.341 e. The van der Waals surface area contributed by atoms with E-state index in [1.807, 2.05) is 32.0 Å². The normalized spacial score (nSPS) is 15.2. The lowest BCUT2D eigenvalue weighted by Gasteiger charge is -2.18. The van der Waals surface area contributed by atoms with Crippen molar-refractivity contribution in [2.24, 2.45) is 5.92 Å². The van der Waals surface area contributed by atoms with E-state index in [1.54, 1.807) is 38.1 Å². The molecule has 0 fully saturated rings. The van der Waals surface area contributed by atoms with Gasteiger partial charge in [-0.15, -0.1) is 11.3 Å². The third-order valence-corrected chi connectivity index (χ3v) is 8.05. The highest BCUT2D eigenvalue weighted by molar-refractivity contribution is 7.17. The van der Waals surface area contributed by atoms with Crippen LogP contribution in [0.3, 0.4) is 0 Å². The molecule has 2 aromatic carbocycles. The number of nitrogens with one attached hydrogen (secondary N) is 2. The number of fused-ring (bicyclic) bond motifs is 1. The molecule has 1 heterocycles. The van der Waals surface area contributed by atoms with Gasteiger partial charge in [0.05, 0.1) is 12.2 Å². The second-order valence-corrected chi connectivity index (χ2v) is 10.9. The van der Waals surface area contributed by atoms with Crippen molar-refractivity contribution >= 4 is 39.8 Å². The van der Waals surface area contributed by atoms with Crippen LogP contribution in [0.25, 0.3) is 0 Å². The third kappa shape index (κ3) is 6.07. The van der Waals surface area contributed by atoms with Gasteiger partial charge in [-0.2, -0.15) is 0 Å². The van der Waals surface area contributed by atoms with Gasteiger partial charge in [0.25, 0.3) is 11.8 Å². The van der Waals surface area contributed by atoms with Crippen LogP contribution in [0.2, 0.25) is 0 Å². The number of amides is 2. The van der Waals surface area contributed by atoms with Gasteiger partial charge in [0.2, 0.25) is 0 Å². The first-order chi connectivity index (χ1) is 18.2. The van der Waals surface area contributed by atoms with E-state index in [0.717, 1.165) is 46.5 Å². The number of carbonyl (C=O) groups excluding carboxylic acids is 3. The average Bonchev–Trinajstić information content (AvgIpc) is 3.24. The SMILES string of the molecule is CCOC(=O)c1c(NC(=O)c2ccc(O[C@H](C)C(=O)Nc3cccc(C)c3C)cc2)sc2c1CC[C@H](C)C2. The number of rotatable bonds is 8. The topological polar surface area (TPSA) is 93.7 Å². The monoisotopic (exact) mass is 534 g/mol. The number of hydrogen-bond acceptors (Lipinski definition) is 6. The van der Waals surface area contributed by atoms with Crippen LogP contribution in [0.5, 0.6) is 5.75 Å². The van der Waals surface area contributed by atoms with Crippen LogP contribution < -0.4 is 15.4 Å². The second-order valence-electron chi connectivity index (χ2n) is 9.75. The molecule has 2 atom stereocenters. The van der Waals surface area contributed by atoms with Gasteiger partial charge in [-0.1, -0.05) is 19.1 Å². The summed E-state index contributed by atoms with van der Waals surface area (Å²) in [7, 11) is 0. The summed E-state index contributed by atoms with van der Waals surface area (Å²) in [5.74, 6) is 0.0275. The molecule has 1 aromatic heterocycles. The second kappa shape index (κ2) is 11.8. The third-order valence-electron chi connectivity index (χ3n) is 6.88. The number of aryl methyl sites for hydroxylation is 1. The molecule has 0 aliphatic heterocycles. The van der Waals surface area contributed by atoms with Crippen molar-refractivity contribution in [2.45, 2.75) is 60.0 Å². The van der Waals surface area contributed by atoms with Crippen LogP contribution in [0, 0.1) is 19.8 Å². The number of esters is 1. The van der Waals surface area contributed by atoms with Gasteiger partial charge in [-0.05, 0) is 99.9 Å². The molecule has 0 spiro atoms. The van der Waals surface area contributed by atoms with Crippen LogP contribution in [0.15, 0.2) is 42.5 Å². The highest BCUT2D eigenvalue weighted by Gasteiger charge is 2.29. The lowest BCUT2D eigenvalue weighted by atomic mass is 9.88. The number of hydrogen-bond donors (Lipinski definition) is 2. The maximum Gasteiger partial charge on any atom is 0.341 e. The molecule has 7 nitrogen and oxygen atoms in total. The Bertz CT molecular complexity index is 1350. The predicted molar refractivity (Wildman–Crippen MR) is 150 cm³/mol. The molecular weight excluding hydrogens is 500 g/mol. The van der Waals surface area contributed by atoms with Crippen molar-refractivity contribution in [3.8, 4) is 5.75 Å². The van der Waals surface area contributed by atoms with E-state index in [9.17, 15) is 14.4 Å². The minimum absolute atomic E-state index is 0.261. The standard InChI is InChI=1S/C30H34N2O5S/c1-6-36-30(35)26-23-15-10-17(2)16-25(23)38-29(26)32-28(34)21-11-13-22(14-12-21)37-20(5)27(33)31-24-9-7-8-18(3)19(24)4/h7-9,11-14,17,20H,6,10,15-16H2,1-5H3,(H,31,33)(H,32,34)/t17-,20+/m0/s1. The molecule has 0 bridgehead atoms. The molecule has 0 radical (unpaired) electrons. The van der Waals surface area contributed by atoms with Crippen molar-refractivity contribution in [3.63, 3.8) is 0 Å². The molecule has 1 aliphatic rings. The molecule has 0 saturated carbocycles. The van der Waals surface area contributed by atoms with Crippen LogP contribution in [0.4, 0.5) is 10.7 Å². The fourth-order valence-electron chi connectivity index (χ4n) is 4.50. The van der Waals surface area contributed by atoms with Gasteiger partial charge in [0, 0.05) is 16.1 Å². The van der Waals surface area contributed by atoms with Crippen LogP contribution in [0.1, 0.15) is 69.5 Å². The van der Waals surface area contributed by atoms with Gasteiger partial charge in [-0.3, -0.25) is 9.59 Å². The lowest BCUT2D eigenvalue weighted by Crippen LogP contribution is -2.30. The summed E-state index contributed by atoms with van der Waals surface area (Å²) < 4.78 is 11.1. The minimum atomic E-state index is -0.735. The molecule has 2 N–H and O–H groups in total. The quantitative estimate of drug-likeness (QED) is 0.330. The molecule has 200 valence electrons. The van der Waals surface area contributed by atoms with Crippen molar-refractivity contribution in [3.05, 3.63) is 75.2 Å². The predicted octanol–water partition coefficient (Wildman–Crippen LogP) is 6.32. The molecule has 0 unspecified atom stereocenters. The minimum Gasteiger partial charge on any atom is -0.481 e. The fourth-order valence-corrected chi connectivity index (χ4v) is 5.89. The summed E-state index contributed by atoms with van der Waals surface area (Å²) in [6.07, 6.45) is 1.97. The van der Waals surface area contributed by atoms with Crippen molar-refractivity contribution in [1.82, 2.24) is 0 Å². The van der Waals surface area contributed by atoms with Gasteiger partial charge in [0.15, 0.2) is 6.10 Å². The first kappa shape index (κ1) is 27.4. The van der Waals surface area contributed by atoms with Gasteiger partial charge >= 0.3 is 5.97 Å². The zero-order valence-electron chi connectivity index (χ0n) is 22.5. The Balaban J connectivity index is 1.43. The Kier molecular flexibility index (Phi) is 8.52. The first-order valence-electron chi connectivity index (χ1n) is 12.9.